The van der Waals surface area contributed by atoms with Gasteiger partial charge in [-0.15, -0.1) is 0 Å². The predicted molar refractivity (Wildman–Crippen MR) is 84.5 cm³/mol. The summed E-state index contributed by atoms with van der Waals surface area (Å²) in [5.41, 5.74) is -9.64. The van der Waals surface area contributed by atoms with Gasteiger partial charge in [-0.05, 0) is 6.92 Å². The second kappa shape index (κ2) is 9.11. The minimum atomic E-state index is -5.91. The van der Waals surface area contributed by atoms with Crippen LogP contribution in [0, 0.1) is 59.3 Å². The van der Waals surface area contributed by atoms with E-state index in [1.165, 1.54) is 0 Å². The van der Waals surface area contributed by atoms with E-state index in [9.17, 15) is 62.6 Å². The Morgan fingerprint density at radius 3 is 1.51 bits per heavy atom. The smallest absolute Gasteiger partial charge is 0.422 e. The molecule has 0 fully saturated rings. The van der Waals surface area contributed by atoms with Crippen LogP contribution >= 0.6 is 0 Å². The summed E-state index contributed by atoms with van der Waals surface area (Å²) >= 11 is 0. The fourth-order valence-electron chi connectivity index (χ4n) is 2.92. The quantitative estimate of drug-likeness (QED) is 0.153. The van der Waals surface area contributed by atoms with E-state index in [1.807, 2.05) is 0 Å². The Balaban J connectivity index is 0.00000432. The van der Waals surface area contributed by atoms with Crippen LogP contribution in [-0.2, 0) is 23.2 Å². The van der Waals surface area contributed by atoms with Gasteiger partial charge in [-0.2, -0.15) is 23.0 Å². The molecule has 0 aliphatic heterocycles. The number of aromatic hydroxyl groups is 1. The summed E-state index contributed by atoms with van der Waals surface area (Å²) in [5, 5.41) is 13.2. The zero-order valence-electron chi connectivity index (χ0n) is 16.2. The molecule has 0 spiro atoms. The molecule has 1 radical (unpaired) electrons. The summed E-state index contributed by atoms with van der Waals surface area (Å²) in [6.45, 7) is 0.683. The van der Waals surface area contributed by atoms with E-state index >= 15 is 0 Å². The minimum Gasteiger partial charge on any atom is -0.493 e. The molecule has 1 aromatic heterocycles. The molecule has 0 aliphatic carbocycles. The number of alkyl halides is 3. The maximum Gasteiger partial charge on any atom is 0.422 e. The fourth-order valence-corrected chi connectivity index (χ4v) is 2.92. The summed E-state index contributed by atoms with van der Waals surface area (Å²) < 4.78 is 162. The van der Waals surface area contributed by atoms with Gasteiger partial charge >= 0.3 is 6.18 Å². The zero-order valence-corrected chi connectivity index (χ0v) is 17.3. The third-order valence-corrected chi connectivity index (χ3v) is 4.44. The van der Waals surface area contributed by atoms with Gasteiger partial charge < -0.3 is 5.11 Å². The molecular weight excluding hydrogens is 559 g/mol. The third-order valence-electron chi connectivity index (χ3n) is 4.44. The molecule has 3 aromatic rings. The number of hydrogen-bond acceptors (Lipinski definition) is 3. The molecule has 0 saturated heterocycles. The Bertz CT molecular complexity index is 1330. The molecule has 0 amide bonds. The standard InChI is InChI=1S/C18H4F12N2O2.Mn/c1-2-3(16(33)4-6(19)10(23)12(25)11(24)7(4)20)17(34)32(31-2)15-13(26)8(21)5(18(28,29)30)9(22)14(15)27;/h34H,1H3;. The molecule has 0 unspecified atom stereocenters. The molecule has 189 valence electrons. The van der Waals surface area contributed by atoms with Crippen molar-refractivity contribution in [3.63, 3.8) is 0 Å². The number of halogens is 12. The van der Waals surface area contributed by atoms with Gasteiger partial charge in [0.2, 0.25) is 17.5 Å². The van der Waals surface area contributed by atoms with Gasteiger partial charge in [0.1, 0.15) is 22.4 Å². The largest absolute Gasteiger partial charge is 0.493 e. The molecule has 0 aliphatic rings. The van der Waals surface area contributed by atoms with E-state index in [1.54, 1.807) is 0 Å². The van der Waals surface area contributed by atoms with E-state index in [2.05, 4.69) is 5.10 Å². The van der Waals surface area contributed by atoms with Crippen molar-refractivity contribution in [2.75, 3.05) is 0 Å². The molecule has 2 aromatic carbocycles. The van der Waals surface area contributed by atoms with E-state index in [0.29, 0.717) is 6.92 Å². The average Bonchev–Trinajstić information content (AvgIpc) is 3.02. The van der Waals surface area contributed by atoms with Gasteiger partial charge in [-0.3, -0.25) is 4.79 Å². The molecule has 17 heteroatoms. The van der Waals surface area contributed by atoms with E-state index in [-0.39, 0.29) is 17.1 Å². The monoisotopic (exact) mass is 563 g/mol. The van der Waals surface area contributed by atoms with Crippen molar-refractivity contribution in [2.24, 2.45) is 0 Å². The van der Waals surface area contributed by atoms with Gasteiger partial charge in [0, 0.05) is 17.1 Å². The first-order valence-corrected chi connectivity index (χ1v) is 8.32. The summed E-state index contributed by atoms with van der Waals surface area (Å²) in [7, 11) is 0. The minimum absolute atomic E-state index is 0. The number of benzene rings is 2. The first-order valence-electron chi connectivity index (χ1n) is 8.32. The number of carbonyl (C=O) groups excluding carboxylic acids is 1. The molecule has 0 bridgehead atoms. The molecule has 1 heterocycles. The Hall–Kier alpha value is -3.20. The maximum absolute atomic E-state index is 14.2. The number of hydrogen-bond donors (Lipinski definition) is 1. The Labute approximate surface area is 195 Å². The number of rotatable bonds is 3. The van der Waals surface area contributed by atoms with Crippen molar-refractivity contribution in [3.05, 3.63) is 74.7 Å². The van der Waals surface area contributed by atoms with Gasteiger partial charge in [0.05, 0.1) is 5.69 Å². The van der Waals surface area contributed by atoms with Crippen LogP contribution in [0.1, 0.15) is 27.2 Å². The second-order valence-electron chi connectivity index (χ2n) is 6.45. The van der Waals surface area contributed by atoms with Crippen LogP contribution in [0.3, 0.4) is 0 Å². The SMILES string of the molecule is Cc1nn(-c2c(F)c(F)c(C(F)(F)F)c(F)c2F)c(O)c1C(=O)c1c(F)c(F)c(F)c(F)c1F.[Mn]. The van der Waals surface area contributed by atoms with Crippen molar-refractivity contribution in [1.82, 2.24) is 9.78 Å². The molecule has 0 atom stereocenters. The average molecular weight is 563 g/mol. The number of ketones is 1. The first-order chi connectivity index (χ1) is 15.5. The Morgan fingerprint density at radius 1 is 0.714 bits per heavy atom. The van der Waals surface area contributed by atoms with Crippen molar-refractivity contribution >= 4 is 5.78 Å². The summed E-state index contributed by atoms with van der Waals surface area (Å²) in [6, 6.07) is 0. The van der Waals surface area contributed by atoms with Gasteiger partial charge in [-0.25, -0.2) is 39.5 Å². The van der Waals surface area contributed by atoms with Crippen LogP contribution < -0.4 is 0 Å². The van der Waals surface area contributed by atoms with Crippen LogP contribution in [0.15, 0.2) is 0 Å². The summed E-state index contributed by atoms with van der Waals surface area (Å²) in [4.78, 5) is 12.4. The molecular formula is C18H4F12MnN2O2. The zero-order chi connectivity index (χ0) is 26.0. The van der Waals surface area contributed by atoms with Crippen LogP contribution in [-0.4, -0.2) is 20.7 Å². The number of aromatic nitrogens is 2. The van der Waals surface area contributed by atoms with Crippen LogP contribution in [0.2, 0.25) is 0 Å². The fraction of sp³-hybridized carbons (Fsp3) is 0.111. The number of nitrogens with zero attached hydrogens (tertiary/aromatic N) is 2. The maximum atomic E-state index is 14.2. The summed E-state index contributed by atoms with van der Waals surface area (Å²) in [6.07, 6.45) is -5.91. The second-order valence-corrected chi connectivity index (χ2v) is 6.45. The van der Waals surface area contributed by atoms with Crippen molar-refractivity contribution in [2.45, 2.75) is 13.1 Å². The van der Waals surface area contributed by atoms with Crippen LogP contribution in [0.25, 0.3) is 5.69 Å². The Kier molecular flexibility index (Phi) is 7.30. The van der Waals surface area contributed by atoms with Gasteiger partial charge in [0.25, 0.3) is 0 Å². The summed E-state index contributed by atoms with van der Waals surface area (Å²) in [5.74, 6) is -28.6. The molecule has 3 rings (SSSR count). The van der Waals surface area contributed by atoms with E-state index in [0.717, 1.165) is 0 Å². The molecule has 0 saturated carbocycles. The molecule has 1 N–H and O–H groups in total. The van der Waals surface area contributed by atoms with E-state index < -0.39 is 103 Å². The topological polar surface area (TPSA) is 55.1 Å². The van der Waals surface area contributed by atoms with Crippen molar-refractivity contribution in [3.8, 4) is 11.6 Å². The number of aryl methyl sites for hydroxylation is 1. The normalized spacial score (nSPS) is 11.6. The van der Waals surface area contributed by atoms with E-state index in [4.69, 9.17) is 0 Å². The Morgan fingerprint density at radius 2 is 1.11 bits per heavy atom. The number of carbonyl (C=O) groups is 1. The third kappa shape index (κ3) is 4.11. The van der Waals surface area contributed by atoms with Crippen molar-refractivity contribution in [1.29, 1.82) is 0 Å². The molecule has 4 nitrogen and oxygen atoms in total. The predicted octanol–water partition coefficient (Wildman–Crippen LogP) is 5.39. The van der Waals surface area contributed by atoms with Gasteiger partial charge in [-0.1, -0.05) is 0 Å². The molecule has 35 heavy (non-hydrogen) atoms. The van der Waals surface area contributed by atoms with Crippen LogP contribution in [0.5, 0.6) is 5.88 Å². The van der Waals surface area contributed by atoms with Crippen LogP contribution in [0.4, 0.5) is 52.7 Å². The van der Waals surface area contributed by atoms with Crippen molar-refractivity contribution < 1.29 is 79.7 Å². The first kappa shape index (κ1) is 28.0. The van der Waals surface area contributed by atoms with Gasteiger partial charge in [0.15, 0.2) is 46.5 Å².